The van der Waals surface area contributed by atoms with Crippen LogP contribution >= 0.6 is 0 Å². The molecule has 3 heteroatoms. The number of aryl methyl sites for hydroxylation is 1. The van der Waals surface area contributed by atoms with Crippen LogP contribution in [-0.4, -0.2) is 23.5 Å². The molecule has 2 heterocycles. The Balaban J connectivity index is 1.80. The molecule has 3 nitrogen and oxygen atoms in total. The Morgan fingerprint density at radius 2 is 2.10 bits per heavy atom. The van der Waals surface area contributed by atoms with Crippen molar-refractivity contribution in [3.05, 3.63) is 59.3 Å². The van der Waals surface area contributed by atoms with Gasteiger partial charge in [0.1, 0.15) is 0 Å². The first-order chi connectivity index (χ1) is 10.3. The zero-order valence-electron chi connectivity index (χ0n) is 12.7. The molecule has 110 valence electrons. The second kappa shape index (κ2) is 6.27. The smallest absolute Gasteiger partial charge is 0.213 e. The molecule has 1 atom stereocenters. The number of likely N-dealkylation sites (tertiary alicyclic amines) is 1. The SMILES string of the molecule is COc1cc(C)c([C@H]2CCCN2Cc2ccccc2)cn1. The van der Waals surface area contributed by atoms with E-state index in [2.05, 4.69) is 47.1 Å². The highest BCUT2D eigenvalue weighted by Gasteiger charge is 2.27. The molecular weight excluding hydrogens is 260 g/mol. The number of ether oxygens (including phenoxy) is 1. The summed E-state index contributed by atoms with van der Waals surface area (Å²) in [6, 6.07) is 13.2. The highest BCUT2D eigenvalue weighted by atomic mass is 16.5. The third-order valence-electron chi connectivity index (χ3n) is 4.29. The lowest BCUT2D eigenvalue weighted by atomic mass is 10.0. The van der Waals surface area contributed by atoms with Gasteiger partial charge in [0.15, 0.2) is 0 Å². The standard InChI is InChI=1S/C18H22N2O/c1-14-11-18(21-2)19-12-16(14)17-9-6-10-20(17)13-15-7-4-3-5-8-15/h3-5,7-8,11-12,17H,6,9-10,13H2,1-2H3/t17-/m1/s1. The molecular formula is C18H22N2O. The monoisotopic (exact) mass is 282 g/mol. The van der Waals surface area contributed by atoms with Crippen molar-refractivity contribution in [1.29, 1.82) is 0 Å². The number of nitrogens with zero attached hydrogens (tertiary/aromatic N) is 2. The van der Waals surface area contributed by atoms with Crippen LogP contribution in [0.4, 0.5) is 0 Å². The number of benzene rings is 1. The molecule has 1 fully saturated rings. The van der Waals surface area contributed by atoms with Gasteiger partial charge < -0.3 is 4.74 Å². The van der Waals surface area contributed by atoms with Crippen LogP contribution in [0.1, 0.15) is 35.6 Å². The molecule has 0 aliphatic carbocycles. The largest absolute Gasteiger partial charge is 0.481 e. The van der Waals surface area contributed by atoms with E-state index in [0.29, 0.717) is 11.9 Å². The minimum absolute atomic E-state index is 0.476. The molecule has 1 aromatic heterocycles. The lowest BCUT2D eigenvalue weighted by Crippen LogP contribution is -2.23. The first kappa shape index (κ1) is 14.1. The first-order valence-corrected chi connectivity index (χ1v) is 7.56. The fourth-order valence-corrected chi connectivity index (χ4v) is 3.19. The highest BCUT2D eigenvalue weighted by molar-refractivity contribution is 5.31. The van der Waals surface area contributed by atoms with Crippen LogP contribution in [0, 0.1) is 6.92 Å². The van der Waals surface area contributed by atoms with Crippen LogP contribution in [0.3, 0.4) is 0 Å². The van der Waals surface area contributed by atoms with Gasteiger partial charge in [0.05, 0.1) is 7.11 Å². The minimum atomic E-state index is 0.476. The Labute approximate surface area is 126 Å². The van der Waals surface area contributed by atoms with Crippen LogP contribution < -0.4 is 4.74 Å². The maximum atomic E-state index is 5.21. The van der Waals surface area contributed by atoms with Gasteiger partial charge in [-0.25, -0.2) is 4.98 Å². The van der Waals surface area contributed by atoms with E-state index in [1.54, 1.807) is 7.11 Å². The number of rotatable bonds is 4. The van der Waals surface area contributed by atoms with Gasteiger partial charge in [-0.2, -0.15) is 0 Å². The predicted octanol–water partition coefficient (Wildman–Crippen LogP) is 3.74. The molecule has 0 spiro atoms. The van der Waals surface area contributed by atoms with Crippen molar-refractivity contribution in [1.82, 2.24) is 9.88 Å². The maximum Gasteiger partial charge on any atom is 0.213 e. The van der Waals surface area contributed by atoms with Crippen molar-refractivity contribution in [2.24, 2.45) is 0 Å². The fraction of sp³-hybridized carbons (Fsp3) is 0.389. The van der Waals surface area contributed by atoms with Crippen LogP contribution in [0.2, 0.25) is 0 Å². The molecule has 3 rings (SSSR count). The third-order valence-corrected chi connectivity index (χ3v) is 4.29. The number of aromatic nitrogens is 1. The van der Waals surface area contributed by atoms with Gasteiger partial charge in [0.2, 0.25) is 5.88 Å². The lowest BCUT2D eigenvalue weighted by molar-refractivity contribution is 0.247. The molecule has 2 aromatic rings. The molecule has 0 bridgehead atoms. The van der Waals surface area contributed by atoms with Crippen LogP contribution in [-0.2, 0) is 6.54 Å². The van der Waals surface area contributed by atoms with E-state index in [1.807, 2.05) is 12.3 Å². The van der Waals surface area contributed by atoms with Gasteiger partial charge in [-0.3, -0.25) is 4.90 Å². The molecule has 1 aliphatic rings. The van der Waals surface area contributed by atoms with E-state index >= 15 is 0 Å². The minimum Gasteiger partial charge on any atom is -0.481 e. The van der Waals surface area contributed by atoms with Crippen molar-refractivity contribution in [3.63, 3.8) is 0 Å². The van der Waals surface area contributed by atoms with Gasteiger partial charge in [-0.1, -0.05) is 30.3 Å². The van der Waals surface area contributed by atoms with E-state index in [4.69, 9.17) is 4.74 Å². The van der Waals surface area contributed by atoms with Crippen LogP contribution in [0.25, 0.3) is 0 Å². The summed E-state index contributed by atoms with van der Waals surface area (Å²) in [4.78, 5) is 6.96. The van der Waals surface area contributed by atoms with E-state index in [0.717, 1.165) is 13.1 Å². The van der Waals surface area contributed by atoms with Gasteiger partial charge in [-0.05, 0) is 43.0 Å². The third kappa shape index (κ3) is 3.08. The summed E-state index contributed by atoms with van der Waals surface area (Å²) in [7, 11) is 1.67. The van der Waals surface area contributed by atoms with Crippen molar-refractivity contribution in [2.75, 3.05) is 13.7 Å². The summed E-state index contributed by atoms with van der Waals surface area (Å²) in [5.74, 6) is 0.698. The summed E-state index contributed by atoms with van der Waals surface area (Å²) >= 11 is 0. The molecule has 0 radical (unpaired) electrons. The average Bonchev–Trinajstić information content (AvgIpc) is 2.96. The molecule has 1 aliphatic heterocycles. The quantitative estimate of drug-likeness (QED) is 0.854. The normalized spacial score (nSPS) is 18.9. The van der Waals surface area contributed by atoms with Crippen molar-refractivity contribution in [2.45, 2.75) is 32.4 Å². The van der Waals surface area contributed by atoms with Gasteiger partial charge in [0, 0.05) is 24.8 Å². The molecule has 0 saturated carbocycles. The number of hydrogen-bond donors (Lipinski definition) is 0. The van der Waals surface area contributed by atoms with E-state index in [9.17, 15) is 0 Å². The second-order valence-electron chi connectivity index (χ2n) is 5.70. The molecule has 1 saturated heterocycles. The summed E-state index contributed by atoms with van der Waals surface area (Å²) in [5, 5.41) is 0. The zero-order valence-corrected chi connectivity index (χ0v) is 12.7. The molecule has 0 amide bonds. The zero-order chi connectivity index (χ0) is 14.7. The number of hydrogen-bond acceptors (Lipinski definition) is 3. The summed E-state index contributed by atoms with van der Waals surface area (Å²) in [6.07, 6.45) is 4.45. The highest BCUT2D eigenvalue weighted by Crippen LogP contribution is 2.35. The summed E-state index contributed by atoms with van der Waals surface area (Å²) in [5.41, 5.74) is 3.99. The first-order valence-electron chi connectivity index (χ1n) is 7.56. The molecule has 0 N–H and O–H groups in total. The van der Waals surface area contributed by atoms with E-state index in [1.165, 1.54) is 29.5 Å². The van der Waals surface area contributed by atoms with Gasteiger partial charge in [-0.15, -0.1) is 0 Å². The van der Waals surface area contributed by atoms with E-state index < -0.39 is 0 Å². The van der Waals surface area contributed by atoms with Gasteiger partial charge in [0.25, 0.3) is 0 Å². The van der Waals surface area contributed by atoms with Gasteiger partial charge >= 0.3 is 0 Å². The lowest BCUT2D eigenvalue weighted by Gasteiger charge is -2.26. The Morgan fingerprint density at radius 1 is 1.29 bits per heavy atom. The van der Waals surface area contributed by atoms with Crippen molar-refractivity contribution < 1.29 is 4.74 Å². The Morgan fingerprint density at radius 3 is 2.81 bits per heavy atom. The number of pyridine rings is 1. The fourth-order valence-electron chi connectivity index (χ4n) is 3.19. The number of methoxy groups -OCH3 is 1. The van der Waals surface area contributed by atoms with Crippen LogP contribution in [0.5, 0.6) is 5.88 Å². The molecule has 21 heavy (non-hydrogen) atoms. The van der Waals surface area contributed by atoms with Crippen LogP contribution in [0.15, 0.2) is 42.6 Å². The Bertz CT molecular complexity index is 597. The maximum absolute atomic E-state index is 5.21. The van der Waals surface area contributed by atoms with E-state index in [-0.39, 0.29) is 0 Å². The Hall–Kier alpha value is -1.87. The van der Waals surface area contributed by atoms with Crippen molar-refractivity contribution >= 4 is 0 Å². The van der Waals surface area contributed by atoms with Crippen molar-refractivity contribution in [3.8, 4) is 5.88 Å². The average molecular weight is 282 g/mol. The summed E-state index contributed by atoms with van der Waals surface area (Å²) in [6.45, 7) is 4.32. The topological polar surface area (TPSA) is 25.4 Å². The molecule has 0 unspecified atom stereocenters. The predicted molar refractivity (Wildman–Crippen MR) is 84.4 cm³/mol. The Kier molecular flexibility index (Phi) is 4.20. The molecule has 1 aromatic carbocycles. The summed E-state index contributed by atoms with van der Waals surface area (Å²) < 4.78 is 5.21. The second-order valence-corrected chi connectivity index (χ2v) is 5.70.